The lowest BCUT2D eigenvalue weighted by Gasteiger charge is -2.34. The molecular weight excluding hydrogens is 502 g/mol. The molecule has 4 heterocycles. The van der Waals surface area contributed by atoms with Crippen LogP contribution in [0, 0.1) is 25.2 Å². The number of carbonyl (C=O) groups is 2. The number of carboxylic acid groups (broad SMARTS) is 1. The molecule has 0 amide bonds. The van der Waals surface area contributed by atoms with Crippen molar-refractivity contribution in [2.45, 2.75) is 31.6 Å². The zero-order chi connectivity index (χ0) is 27.5. The van der Waals surface area contributed by atoms with Gasteiger partial charge < -0.3 is 20.1 Å². The van der Waals surface area contributed by atoms with E-state index in [1.54, 1.807) is 18.3 Å². The zero-order valence-electron chi connectivity index (χ0n) is 21.6. The van der Waals surface area contributed by atoms with Crippen LogP contribution in [-0.2, 0) is 22.4 Å². The maximum Gasteiger partial charge on any atom is 0.309 e. The molecule has 0 radical (unpaired) electrons. The summed E-state index contributed by atoms with van der Waals surface area (Å²) in [5.74, 6) is -0.170. The molecule has 11 heteroatoms. The molecule has 1 fully saturated rings. The van der Waals surface area contributed by atoms with Gasteiger partial charge in [0.05, 0.1) is 12.1 Å². The van der Waals surface area contributed by atoms with Crippen LogP contribution in [0.2, 0.25) is 0 Å². The Morgan fingerprint density at radius 1 is 1.16 bits per heavy atom. The van der Waals surface area contributed by atoms with E-state index >= 15 is 0 Å². The third-order valence-corrected chi connectivity index (χ3v) is 7.02. The van der Waals surface area contributed by atoms with Gasteiger partial charge in [-0.2, -0.15) is 5.26 Å². The van der Waals surface area contributed by atoms with E-state index in [0.717, 1.165) is 50.4 Å². The number of anilines is 2. The summed E-state index contributed by atoms with van der Waals surface area (Å²) in [4.78, 5) is 34.5. The van der Waals surface area contributed by atoms with Crippen LogP contribution in [0.25, 0.3) is 0 Å². The number of fused-ring (bicyclic) bond motifs is 1. The summed E-state index contributed by atoms with van der Waals surface area (Å²) in [5.41, 5.74) is 5.53. The SMILES string of the molecule is C=O.Cc1cc(C#N)nc(N2CCN(Sc3ccc4c(c3)CCN4)CC2)n1.Cc1cccnc1CC(=O)O. The van der Waals surface area contributed by atoms with Crippen LogP contribution in [0.1, 0.15) is 28.2 Å². The average molecular weight is 534 g/mol. The molecular formula is C27H31N7O3S. The van der Waals surface area contributed by atoms with Crippen LogP contribution in [-0.4, -0.2) is 69.8 Å². The molecule has 0 spiro atoms. The minimum absolute atomic E-state index is 0.00662. The first-order chi connectivity index (χ1) is 18.4. The van der Waals surface area contributed by atoms with Gasteiger partial charge >= 0.3 is 5.97 Å². The Balaban J connectivity index is 0.000000259. The number of nitrogens with zero attached hydrogens (tertiary/aromatic N) is 6. The van der Waals surface area contributed by atoms with Crippen LogP contribution < -0.4 is 10.2 Å². The second kappa shape index (κ2) is 14.1. The van der Waals surface area contributed by atoms with Gasteiger partial charge in [0.2, 0.25) is 5.95 Å². The van der Waals surface area contributed by atoms with Crippen molar-refractivity contribution in [3.63, 3.8) is 0 Å². The molecule has 1 aromatic carbocycles. The predicted molar refractivity (Wildman–Crippen MR) is 147 cm³/mol. The van der Waals surface area contributed by atoms with E-state index in [9.17, 15) is 4.79 Å². The van der Waals surface area contributed by atoms with Crippen LogP contribution in [0.15, 0.2) is 47.5 Å². The van der Waals surface area contributed by atoms with Gasteiger partial charge in [0.1, 0.15) is 18.6 Å². The number of piperazine rings is 1. The van der Waals surface area contributed by atoms with Crippen LogP contribution in [0.5, 0.6) is 0 Å². The summed E-state index contributed by atoms with van der Waals surface area (Å²) in [6, 6.07) is 14.2. The van der Waals surface area contributed by atoms with Crippen molar-refractivity contribution in [2.24, 2.45) is 0 Å². The average Bonchev–Trinajstić information content (AvgIpc) is 3.39. The molecule has 1 saturated heterocycles. The number of aryl methyl sites for hydroxylation is 2. The summed E-state index contributed by atoms with van der Waals surface area (Å²) in [6.45, 7) is 10.4. The van der Waals surface area contributed by atoms with Crippen molar-refractivity contribution in [3.05, 3.63) is 70.8 Å². The van der Waals surface area contributed by atoms with Crippen LogP contribution in [0.3, 0.4) is 0 Å². The first kappa shape index (κ1) is 28.6. The van der Waals surface area contributed by atoms with Gasteiger partial charge in [-0.15, -0.1) is 0 Å². The third-order valence-electron chi connectivity index (χ3n) is 5.94. The van der Waals surface area contributed by atoms with Gasteiger partial charge in [0, 0.05) is 55.2 Å². The van der Waals surface area contributed by atoms with Crippen LogP contribution in [0.4, 0.5) is 11.6 Å². The monoisotopic (exact) mass is 533 g/mol. The Bertz CT molecular complexity index is 1290. The van der Waals surface area contributed by atoms with Gasteiger partial charge in [0.15, 0.2) is 0 Å². The molecule has 5 rings (SSSR count). The first-order valence-electron chi connectivity index (χ1n) is 12.1. The molecule has 2 aliphatic heterocycles. The minimum atomic E-state index is -0.841. The quantitative estimate of drug-likeness (QED) is 0.468. The maximum atomic E-state index is 10.3. The highest BCUT2D eigenvalue weighted by atomic mass is 32.2. The summed E-state index contributed by atoms with van der Waals surface area (Å²) in [7, 11) is 0. The number of hydrogen-bond donors (Lipinski definition) is 2. The Labute approximate surface area is 226 Å². The molecule has 0 aliphatic carbocycles. The highest BCUT2D eigenvalue weighted by Crippen LogP contribution is 2.30. The van der Waals surface area contributed by atoms with Crippen molar-refractivity contribution in [3.8, 4) is 6.07 Å². The number of carboxylic acids is 1. The number of hydrogen-bond acceptors (Lipinski definition) is 10. The van der Waals surface area contributed by atoms with E-state index in [1.165, 1.54) is 16.1 Å². The van der Waals surface area contributed by atoms with Crippen molar-refractivity contribution < 1.29 is 14.7 Å². The number of carbonyl (C=O) groups excluding carboxylic acids is 1. The smallest absolute Gasteiger partial charge is 0.309 e. The Kier molecular flexibility index (Phi) is 10.6. The molecule has 2 aromatic heterocycles. The molecule has 198 valence electrons. The van der Waals surface area contributed by atoms with Crippen molar-refractivity contribution in [1.29, 1.82) is 5.26 Å². The summed E-state index contributed by atoms with van der Waals surface area (Å²) in [6.07, 6.45) is 2.72. The van der Waals surface area contributed by atoms with E-state index < -0.39 is 5.97 Å². The number of pyridine rings is 1. The molecule has 0 saturated carbocycles. The lowest BCUT2D eigenvalue weighted by molar-refractivity contribution is -0.136. The molecule has 0 bridgehead atoms. The molecule has 10 nitrogen and oxygen atoms in total. The van der Waals surface area contributed by atoms with E-state index in [0.29, 0.717) is 17.3 Å². The van der Waals surface area contributed by atoms with Crippen molar-refractivity contribution >= 4 is 36.3 Å². The van der Waals surface area contributed by atoms with Gasteiger partial charge in [-0.1, -0.05) is 6.07 Å². The normalized spacial score (nSPS) is 14.1. The number of benzene rings is 1. The lowest BCUT2D eigenvalue weighted by atomic mass is 10.2. The maximum absolute atomic E-state index is 10.3. The number of nitrogens with one attached hydrogen (secondary N) is 1. The number of aliphatic carboxylic acids is 1. The number of aromatic nitrogens is 3. The molecule has 0 unspecified atom stereocenters. The molecule has 0 atom stereocenters. The fourth-order valence-electron chi connectivity index (χ4n) is 4.06. The number of nitriles is 1. The van der Waals surface area contributed by atoms with Crippen molar-refractivity contribution in [1.82, 2.24) is 19.3 Å². The van der Waals surface area contributed by atoms with E-state index in [1.807, 2.05) is 38.7 Å². The molecule has 3 aromatic rings. The van der Waals surface area contributed by atoms with Gasteiger partial charge in [0.25, 0.3) is 0 Å². The third kappa shape index (κ3) is 7.99. The van der Waals surface area contributed by atoms with Gasteiger partial charge in [-0.05, 0) is 73.7 Å². The van der Waals surface area contributed by atoms with E-state index in [-0.39, 0.29) is 6.42 Å². The van der Waals surface area contributed by atoms with E-state index in [2.05, 4.69) is 53.7 Å². The summed E-state index contributed by atoms with van der Waals surface area (Å²) in [5, 5.41) is 20.9. The van der Waals surface area contributed by atoms with Gasteiger partial charge in [-0.25, -0.2) is 14.3 Å². The highest BCUT2D eigenvalue weighted by molar-refractivity contribution is 7.97. The van der Waals surface area contributed by atoms with E-state index in [4.69, 9.17) is 15.2 Å². The van der Waals surface area contributed by atoms with Crippen LogP contribution >= 0.6 is 11.9 Å². The van der Waals surface area contributed by atoms with Gasteiger partial charge in [-0.3, -0.25) is 9.78 Å². The van der Waals surface area contributed by atoms with Crippen molar-refractivity contribution in [2.75, 3.05) is 42.9 Å². The topological polar surface area (TPSA) is 135 Å². The number of rotatable bonds is 5. The fraction of sp³-hybridized carbons (Fsp3) is 0.333. The highest BCUT2D eigenvalue weighted by Gasteiger charge is 2.21. The second-order valence-corrected chi connectivity index (χ2v) is 9.82. The Hall–Kier alpha value is -4.01. The molecule has 38 heavy (non-hydrogen) atoms. The largest absolute Gasteiger partial charge is 0.481 e. The fourth-order valence-corrected chi connectivity index (χ4v) is 5.03. The predicted octanol–water partition coefficient (Wildman–Crippen LogP) is 3.29. The Morgan fingerprint density at radius 2 is 1.92 bits per heavy atom. The first-order valence-corrected chi connectivity index (χ1v) is 12.9. The Morgan fingerprint density at radius 3 is 2.61 bits per heavy atom. The minimum Gasteiger partial charge on any atom is -0.481 e. The lowest BCUT2D eigenvalue weighted by Crippen LogP contribution is -2.44. The summed E-state index contributed by atoms with van der Waals surface area (Å²) < 4.78 is 2.39. The summed E-state index contributed by atoms with van der Waals surface area (Å²) >= 11 is 1.82. The standard InChI is InChI=1S/C18H20N6S.C8H9NO2.CH2O/c1-13-10-15(12-19)22-18(21-13)23-6-8-24(9-7-23)25-16-2-3-17-14(11-16)4-5-20-17;1-6-3-2-4-9-7(6)5-8(10)11;1-2/h2-3,10-11,20H,4-9H2,1H3;2-4H,5H2,1H3,(H,10,11);1H2. The second-order valence-electron chi connectivity index (χ2n) is 8.65. The molecule has 2 aliphatic rings. The zero-order valence-corrected chi connectivity index (χ0v) is 22.4. The molecule has 2 N–H and O–H groups in total.